The van der Waals surface area contributed by atoms with E-state index in [1.165, 1.54) is 19.2 Å². The summed E-state index contributed by atoms with van der Waals surface area (Å²) in [5.41, 5.74) is 2.58. The zero-order chi connectivity index (χ0) is 17.5. The van der Waals surface area contributed by atoms with E-state index < -0.39 is 6.61 Å². The summed E-state index contributed by atoms with van der Waals surface area (Å²) in [7, 11) is 1.35. The molecule has 1 N–H and O–H groups in total. The van der Waals surface area contributed by atoms with Crippen LogP contribution in [0.3, 0.4) is 0 Å². The normalized spacial score (nSPS) is 10.5. The largest absolute Gasteiger partial charge is 0.493 e. The van der Waals surface area contributed by atoms with Crippen LogP contribution in [0, 0.1) is 6.92 Å². The highest BCUT2D eigenvalue weighted by Crippen LogP contribution is 2.31. The Balaban J connectivity index is 1.98. The second kappa shape index (κ2) is 8.29. The highest BCUT2D eigenvalue weighted by atomic mass is 19.3. The zero-order valence-electron chi connectivity index (χ0n) is 13.5. The minimum Gasteiger partial charge on any atom is -0.493 e. The van der Waals surface area contributed by atoms with Gasteiger partial charge in [0, 0.05) is 18.2 Å². The number of hydrogen-bond donors (Lipinski definition) is 1. The monoisotopic (exact) mass is 335 g/mol. The average molecular weight is 335 g/mol. The summed E-state index contributed by atoms with van der Waals surface area (Å²) in [6, 6.07) is 12.3. The Hall–Kier alpha value is -2.63. The smallest absolute Gasteiger partial charge is 0.387 e. The molecular formula is C18H19F2NO3. The minimum absolute atomic E-state index is 0.121. The summed E-state index contributed by atoms with van der Waals surface area (Å²) in [5.74, 6) is -0.151. The van der Waals surface area contributed by atoms with Crippen LogP contribution in [-0.2, 0) is 11.2 Å². The molecule has 0 aliphatic heterocycles. The lowest BCUT2D eigenvalue weighted by Gasteiger charge is -2.12. The lowest BCUT2D eigenvalue weighted by molar-refractivity contribution is -0.116. The van der Waals surface area contributed by atoms with E-state index in [4.69, 9.17) is 4.74 Å². The molecule has 0 aliphatic carbocycles. The van der Waals surface area contributed by atoms with Crippen molar-refractivity contribution in [2.45, 2.75) is 26.4 Å². The van der Waals surface area contributed by atoms with Gasteiger partial charge in [-0.3, -0.25) is 4.79 Å². The summed E-state index contributed by atoms with van der Waals surface area (Å²) in [6.45, 7) is -0.975. The van der Waals surface area contributed by atoms with E-state index in [0.717, 1.165) is 11.1 Å². The number of methoxy groups -OCH3 is 1. The van der Waals surface area contributed by atoms with E-state index >= 15 is 0 Å². The predicted octanol–water partition coefficient (Wildman–Crippen LogP) is 4.18. The fraction of sp³-hybridized carbons (Fsp3) is 0.278. The lowest BCUT2D eigenvalue weighted by Crippen LogP contribution is -2.13. The number of rotatable bonds is 7. The van der Waals surface area contributed by atoms with Crippen LogP contribution in [0.5, 0.6) is 11.5 Å². The Morgan fingerprint density at radius 1 is 1.17 bits per heavy atom. The molecule has 0 atom stereocenters. The molecule has 0 aromatic heterocycles. The molecule has 0 saturated heterocycles. The summed E-state index contributed by atoms with van der Waals surface area (Å²) >= 11 is 0. The number of ether oxygens (including phenoxy) is 2. The number of carbonyl (C=O) groups excluding carboxylic acids is 1. The molecule has 0 radical (unpaired) electrons. The molecule has 2 aromatic rings. The van der Waals surface area contributed by atoms with E-state index in [9.17, 15) is 13.6 Å². The number of carbonyl (C=O) groups is 1. The third-order valence-electron chi connectivity index (χ3n) is 3.39. The molecule has 2 aromatic carbocycles. The van der Waals surface area contributed by atoms with E-state index in [1.54, 1.807) is 6.07 Å². The molecule has 1 amide bonds. The number of benzene rings is 2. The number of nitrogens with one attached hydrogen (secondary N) is 1. The van der Waals surface area contributed by atoms with Gasteiger partial charge in [0.2, 0.25) is 5.91 Å². The van der Waals surface area contributed by atoms with Gasteiger partial charge in [-0.2, -0.15) is 8.78 Å². The molecule has 6 heteroatoms. The summed E-state index contributed by atoms with van der Waals surface area (Å²) in [4.78, 5) is 12.0. The first-order valence-corrected chi connectivity index (χ1v) is 7.46. The topological polar surface area (TPSA) is 47.6 Å². The van der Waals surface area contributed by atoms with Crippen LogP contribution in [0.4, 0.5) is 14.5 Å². The van der Waals surface area contributed by atoms with Gasteiger partial charge < -0.3 is 14.8 Å². The Morgan fingerprint density at radius 3 is 2.62 bits per heavy atom. The molecule has 0 heterocycles. The average Bonchev–Trinajstić information content (AvgIpc) is 2.53. The van der Waals surface area contributed by atoms with Gasteiger partial charge >= 0.3 is 6.61 Å². The second-order valence-corrected chi connectivity index (χ2v) is 5.28. The highest BCUT2D eigenvalue weighted by molar-refractivity contribution is 5.91. The van der Waals surface area contributed by atoms with E-state index in [-0.39, 0.29) is 17.4 Å². The van der Waals surface area contributed by atoms with Gasteiger partial charge in [0.15, 0.2) is 11.5 Å². The van der Waals surface area contributed by atoms with Crippen molar-refractivity contribution in [2.24, 2.45) is 0 Å². The standard InChI is InChI=1S/C18H19F2NO3/c1-12-4-3-5-13(10-12)6-9-17(22)21-14-7-8-15(23-2)16(11-14)24-18(19)20/h3-5,7-8,10-11,18H,6,9H2,1-2H3,(H,21,22). The maximum absolute atomic E-state index is 12.4. The van der Waals surface area contributed by atoms with E-state index in [1.807, 2.05) is 31.2 Å². The van der Waals surface area contributed by atoms with Crippen molar-refractivity contribution in [3.8, 4) is 11.5 Å². The van der Waals surface area contributed by atoms with Crippen LogP contribution in [0.25, 0.3) is 0 Å². The van der Waals surface area contributed by atoms with Gasteiger partial charge in [-0.05, 0) is 31.0 Å². The Labute approximate surface area is 139 Å². The van der Waals surface area contributed by atoms with Gasteiger partial charge in [-0.15, -0.1) is 0 Å². The number of hydrogen-bond acceptors (Lipinski definition) is 3. The quantitative estimate of drug-likeness (QED) is 0.826. The molecule has 0 unspecified atom stereocenters. The van der Waals surface area contributed by atoms with Gasteiger partial charge in [0.25, 0.3) is 0 Å². The molecule has 128 valence electrons. The van der Waals surface area contributed by atoms with Crippen molar-refractivity contribution in [3.05, 3.63) is 53.6 Å². The first kappa shape index (κ1) is 17.7. The molecule has 0 saturated carbocycles. The van der Waals surface area contributed by atoms with Crippen molar-refractivity contribution >= 4 is 11.6 Å². The van der Waals surface area contributed by atoms with Gasteiger partial charge in [-0.1, -0.05) is 29.8 Å². The van der Waals surface area contributed by atoms with Crippen molar-refractivity contribution in [1.82, 2.24) is 0 Å². The molecule has 2 rings (SSSR count). The number of amides is 1. The molecule has 0 spiro atoms. The van der Waals surface area contributed by atoms with Crippen molar-refractivity contribution in [2.75, 3.05) is 12.4 Å². The highest BCUT2D eigenvalue weighted by Gasteiger charge is 2.12. The van der Waals surface area contributed by atoms with Crippen LogP contribution in [0.15, 0.2) is 42.5 Å². The first-order chi connectivity index (χ1) is 11.5. The number of alkyl halides is 2. The summed E-state index contributed by atoms with van der Waals surface area (Å²) < 4.78 is 34.2. The van der Waals surface area contributed by atoms with E-state index in [0.29, 0.717) is 18.5 Å². The second-order valence-electron chi connectivity index (χ2n) is 5.28. The first-order valence-electron chi connectivity index (χ1n) is 7.46. The van der Waals surface area contributed by atoms with Crippen LogP contribution in [0.2, 0.25) is 0 Å². The predicted molar refractivity (Wildman–Crippen MR) is 87.8 cm³/mol. The van der Waals surface area contributed by atoms with Crippen LogP contribution in [-0.4, -0.2) is 19.6 Å². The third kappa shape index (κ3) is 5.22. The molecule has 0 bridgehead atoms. The SMILES string of the molecule is COc1ccc(NC(=O)CCc2cccc(C)c2)cc1OC(F)F. The third-order valence-corrected chi connectivity index (χ3v) is 3.39. The Kier molecular flexibility index (Phi) is 6.12. The number of anilines is 1. The van der Waals surface area contributed by atoms with Crippen LogP contribution >= 0.6 is 0 Å². The number of halogens is 2. The molecule has 0 aliphatic rings. The maximum atomic E-state index is 12.4. The summed E-state index contributed by atoms with van der Waals surface area (Å²) in [5, 5.41) is 2.67. The van der Waals surface area contributed by atoms with Crippen LogP contribution in [0.1, 0.15) is 17.5 Å². The van der Waals surface area contributed by atoms with Crippen LogP contribution < -0.4 is 14.8 Å². The fourth-order valence-corrected chi connectivity index (χ4v) is 2.29. The van der Waals surface area contributed by atoms with Gasteiger partial charge in [0.1, 0.15) is 0 Å². The number of aryl methyl sites for hydroxylation is 2. The molecule has 24 heavy (non-hydrogen) atoms. The van der Waals surface area contributed by atoms with Crippen molar-refractivity contribution < 1.29 is 23.0 Å². The molecular weight excluding hydrogens is 316 g/mol. The lowest BCUT2D eigenvalue weighted by atomic mass is 10.1. The fourth-order valence-electron chi connectivity index (χ4n) is 2.29. The van der Waals surface area contributed by atoms with Gasteiger partial charge in [-0.25, -0.2) is 0 Å². The van der Waals surface area contributed by atoms with E-state index in [2.05, 4.69) is 10.1 Å². The zero-order valence-corrected chi connectivity index (χ0v) is 13.5. The minimum atomic E-state index is -2.97. The summed E-state index contributed by atoms with van der Waals surface area (Å²) in [6.07, 6.45) is 0.893. The van der Waals surface area contributed by atoms with Crippen molar-refractivity contribution in [3.63, 3.8) is 0 Å². The van der Waals surface area contributed by atoms with Gasteiger partial charge in [0.05, 0.1) is 7.11 Å². The molecule has 0 fully saturated rings. The van der Waals surface area contributed by atoms with Crippen molar-refractivity contribution in [1.29, 1.82) is 0 Å². The molecule has 4 nitrogen and oxygen atoms in total. The Bertz CT molecular complexity index is 704. The Morgan fingerprint density at radius 2 is 1.96 bits per heavy atom. The maximum Gasteiger partial charge on any atom is 0.387 e.